The topological polar surface area (TPSA) is 66.4 Å². The second-order valence-corrected chi connectivity index (χ2v) is 7.47. The Kier molecular flexibility index (Phi) is 4.23. The van der Waals surface area contributed by atoms with E-state index in [4.69, 9.17) is 0 Å². The van der Waals surface area contributed by atoms with Gasteiger partial charge in [0.05, 0.1) is 5.41 Å². The molecular weight excluding hydrogens is 266 g/mol. The van der Waals surface area contributed by atoms with Crippen molar-refractivity contribution in [3.63, 3.8) is 0 Å². The number of carbonyl (C=O) groups is 2. The number of rotatable bonds is 7. The van der Waals surface area contributed by atoms with Crippen LogP contribution in [0.1, 0.15) is 64.2 Å². The van der Waals surface area contributed by atoms with Crippen LogP contribution in [0.4, 0.5) is 0 Å². The Balaban J connectivity index is 1.51. The van der Waals surface area contributed by atoms with Crippen molar-refractivity contribution < 1.29 is 14.7 Å². The van der Waals surface area contributed by atoms with Gasteiger partial charge in [-0.1, -0.05) is 19.3 Å². The molecule has 0 atom stereocenters. The molecule has 21 heavy (non-hydrogen) atoms. The van der Waals surface area contributed by atoms with Crippen molar-refractivity contribution in [3.05, 3.63) is 0 Å². The maximum absolute atomic E-state index is 12.2. The lowest BCUT2D eigenvalue weighted by Gasteiger charge is -2.32. The van der Waals surface area contributed by atoms with E-state index in [0.717, 1.165) is 37.6 Å². The van der Waals surface area contributed by atoms with E-state index in [0.29, 0.717) is 18.8 Å². The van der Waals surface area contributed by atoms with Gasteiger partial charge in [-0.05, 0) is 56.3 Å². The second-order valence-electron chi connectivity index (χ2n) is 7.47. The van der Waals surface area contributed by atoms with E-state index in [-0.39, 0.29) is 12.3 Å². The highest BCUT2D eigenvalue weighted by Crippen LogP contribution is 2.49. The summed E-state index contributed by atoms with van der Waals surface area (Å²) in [5.74, 6) is 1.46. The molecule has 1 amide bonds. The number of carboxylic acid groups (broad SMARTS) is 1. The van der Waals surface area contributed by atoms with Crippen molar-refractivity contribution in [2.24, 2.45) is 23.2 Å². The van der Waals surface area contributed by atoms with Gasteiger partial charge in [0.25, 0.3) is 0 Å². The second kappa shape index (κ2) is 5.98. The predicted octanol–water partition coefficient (Wildman–Crippen LogP) is 2.96. The molecule has 0 aromatic heterocycles. The van der Waals surface area contributed by atoms with Gasteiger partial charge in [-0.25, -0.2) is 0 Å². The van der Waals surface area contributed by atoms with Gasteiger partial charge in [0.2, 0.25) is 5.91 Å². The van der Waals surface area contributed by atoms with Crippen LogP contribution in [0.2, 0.25) is 0 Å². The molecule has 0 aromatic carbocycles. The Bertz CT molecular complexity index is 394. The molecule has 0 heterocycles. The van der Waals surface area contributed by atoms with Gasteiger partial charge in [0.1, 0.15) is 0 Å². The number of hydrogen-bond donors (Lipinski definition) is 2. The van der Waals surface area contributed by atoms with Gasteiger partial charge in [-0.2, -0.15) is 0 Å². The van der Waals surface area contributed by atoms with Crippen molar-refractivity contribution in [3.8, 4) is 0 Å². The SMILES string of the molecule is O=C(CC1(C(=O)O)CCCCC1)NCC(C1CC1)C1CC1. The van der Waals surface area contributed by atoms with Crippen LogP contribution in [-0.2, 0) is 9.59 Å². The van der Waals surface area contributed by atoms with Gasteiger partial charge in [0, 0.05) is 13.0 Å². The summed E-state index contributed by atoms with van der Waals surface area (Å²) in [4.78, 5) is 23.8. The van der Waals surface area contributed by atoms with E-state index in [9.17, 15) is 14.7 Å². The zero-order valence-electron chi connectivity index (χ0n) is 12.8. The molecule has 0 radical (unpaired) electrons. The minimum Gasteiger partial charge on any atom is -0.481 e. The van der Waals surface area contributed by atoms with E-state index in [2.05, 4.69) is 5.32 Å². The number of aliphatic carboxylic acids is 1. The van der Waals surface area contributed by atoms with Crippen LogP contribution in [0.5, 0.6) is 0 Å². The molecule has 4 nitrogen and oxygen atoms in total. The lowest BCUT2D eigenvalue weighted by molar-refractivity contribution is -0.154. The molecule has 0 unspecified atom stereocenters. The van der Waals surface area contributed by atoms with Crippen LogP contribution in [0.3, 0.4) is 0 Å². The molecule has 4 heteroatoms. The number of carbonyl (C=O) groups excluding carboxylic acids is 1. The fourth-order valence-electron chi connectivity index (χ4n) is 4.06. The quantitative estimate of drug-likeness (QED) is 0.758. The maximum Gasteiger partial charge on any atom is 0.310 e. The maximum atomic E-state index is 12.2. The third-order valence-electron chi connectivity index (χ3n) is 5.75. The Morgan fingerprint density at radius 1 is 1.05 bits per heavy atom. The van der Waals surface area contributed by atoms with E-state index >= 15 is 0 Å². The first-order valence-corrected chi connectivity index (χ1v) is 8.61. The van der Waals surface area contributed by atoms with E-state index in [1.54, 1.807) is 0 Å². The summed E-state index contributed by atoms with van der Waals surface area (Å²) in [7, 11) is 0. The summed E-state index contributed by atoms with van der Waals surface area (Å²) in [5, 5.41) is 12.6. The first kappa shape index (κ1) is 14.9. The molecule has 3 rings (SSSR count). The Morgan fingerprint density at radius 2 is 1.62 bits per heavy atom. The fourth-order valence-corrected chi connectivity index (χ4v) is 4.06. The first-order valence-electron chi connectivity index (χ1n) is 8.61. The first-order chi connectivity index (χ1) is 10.1. The molecule has 0 bridgehead atoms. The minimum absolute atomic E-state index is 0.0504. The Labute approximate surface area is 126 Å². The Hall–Kier alpha value is -1.06. The summed E-state index contributed by atoms with van der Waals surface area (Å²) in [6.45, 7) is 0.768. The number of carboxylic acids is 1. The third kappa shape index (κ3) is 3.58. The lowest BCUT2D eigenvalue weighted by atomic mass is 9.71. The Morgan fingerprint density at radius 3 is 2.10 bits per heavy atom. The van der Waals surface area contributed by atoms with Crippen LogP contribution in [0, 0.1) is 23.2 Å². The van der Waals surface area contributed by atoms with Crippen LogP contribution in [0.15, 0.2) is 0 Å². The average Bonchev–Trinajstić information content (AvgIpc) is 3.34. The summed E-state index contributed by atoms with van der Waals surface area (Å²) in [6, 6.07) is 0. The number of amides is 1. The van der Waals surface area contributed by atoms with Crippen molar-refractivity contribution in [1.29, 1.82) is 0 Å². The monoisotopic (exact) mass is 293 g/mol. The van der Waals surface area contributed by atoms with Crippen molar-refractivity contribution in [2.45, 2.75) is 64.2 Å². The van der Waals surface area contributed by atoms with Gasteiger partial charge >= 0.3 is 5.97 Å². The number of hydrogen-bond acceptors (Lipinski definition) is 2. The molecule has 3 aliphatic carbocycles. The zero-order chi connectivity index (χ0) is 14.9. The van der Waals surface area contributed by atoms with Crippen molar-refractivity contribution in [1.82, 2.24) is 5.32 Å². The lowest BCUT2D eigenvalue weighted by Crippen LogP contribution is -2.40. The van der Waals surface area contributed by atoms with Crippen molar-refractivity contribution in [2.75, 3.05) is 6.54 Å². The highest BCUT2D eigenvalue weighted by Gasteiger charge is 2.43. The standard InChI is InChI=1S/C17H27NO3/c19-15(10-17(16(20)21)8-2-1-3-9-17)18-11-14(12-4-5-12)13-6-7-13/h12-14H,1-11H2,(H,18,19)(H,20,21). The molecule has 0 aliphatic heterocycles. The smallest absolute Gasteiger partial charge is 0.310 e. The van der Waals surface area contributed by atoms with Crippen LogP contribution >= 0.6 is 0 Å². The summed E-state index contributed by atoms with van der Waals surface area (Å²) < 4.78 is 0. The van der Waals surface area contributed by atoms with Gasteiger partial charge in [0.15, 0.2) is 0 Å². The predicted molar refractivity (Wildman–Crippen MR) is 79.7 cm³/mol. The van der Waals surface area contributed by atoms with Gasteiger partial charge < -0.3 is 10.4 Å². The molecule has 3 saturated carbocycles. The largest absolute Gasteiger partial charge is 0.481 e. The van der Waals surface area contributed by atoms with E-state index in [1.165, 1.54) is 25.7 Å². The molecule has 3 aliphatic rings. The van der Waals surface area contributed by atoms with Crippen LogP contribution in [0.25, 0.3) is 0 Å². The van der Waals surface area contributed by atoms with Crippen LogP contribution < -0.4 is 5.32 Å². The highest BCUT2D eigenvalue weighted by atomic mass is 16.4. The summed E-state index contributed by atoms with van der Waals surface area (Å²) >= 11 is 0. The fraction of sp³-hybridized carbons (Fsp3) is 0.882. The minimum atomic E-state index is -0.795. The molecule has 3 fully saturated rings. The molecule has 2 N–H and O–H groups in total. The third-order valence-corrected chi connectivity index (χ3v) is 5.75. The highest BCUT2D eigenvalue weighted by molar-refractivity contribution is 5.85. The summed E-state index contributed by atoms with van der Waals surface area (Å²) in [6.07, 6.45) is 9.72. The van der Waals surface area contributed by atoms with Crippen LogP contribution in [-0.4, -0.2) is 23.5 Å². The zero-order valence-corrected chi connectivity index (χ0v) is 12.8. The van der Waals surface area contributed by atoms with Gasteiger partial charge in [-0.3, -0.25) is 9.59 Å². The number of nitrogens with one attached hydrogen (secondary N) is 1. The molecule has 0 aromatic rings. The normalized spacial score (nSPS) is 24.8. The molecule has 0 saturated heterocycles. The van der Waals surface area contributed by atoms with Crippen molar-refractivity contribution >= 4 is 11.9 Å². The average molecular weight is 293 g/mol. The molecule has 0 spiro atoms. The van der Waals surface area contributed by atoms with E-state index in [1.807, 2.05) is 0 Å². The van der Waals surface area contributed by atoms with Gasteiger partial charge in [-0.15, -0.1) is 0 Å². The van der Waals surface area contributed by atoms with E-state index < -0.39 is 11.4 Å². The molecule has 118 valence electrons. The molecular formula is C17H27NO3. The summed E-state index contributed by atoms with van der Waals surface area (Å²) in [5.41, 5.74) is -0.795.